The van der Waals surface area contributed by atoms with Crippen molar-refractivity contribution in [2.24, 2.45) is 0 Å². The highest BCUT2D eigenvalue weighted by atomic mass is 15.0. The molecule has 0 bridgehead atoms. The molecule has 0 saturated heterocycles. The van der Waals surface area contributed by atoms with Crippen molar-refractivity contribution in [2.75, 3.05) is 41.3 Å². The third-order valence-corrected chi connectivity index (χ3v) is 7.28. The molecule has 0 spiro atoms. The third-order valence-electron chi connectivity index (χ3n) is 7.28. The Morgan fingerprint density at radius 2 is 0.483 bits per heavy atom. The fraction of sp³-hybridized carbons (Fsp3) is 0.379. The van der Waals surface area contributed by atoms with E-state index in [0.717, 1.165) is 19.5 Å². The van der Waals surface area contributed by atoms with Crippen molar-refractivity contribution < 1.29 is 0 Å². The summed E-state index contributed by atoms with van der Waals surface area (Å²) >= 11 is 0. The van der Waals surface area contributed by atoms with E-state index < -0.39 is 0 Å². The van der Waals surface area contributed by atoms with E-state index in [2.05, 4.69) is 187 Å². The van der Waals surface area contributed by atoms with Crippen LogP contribution < -0.4 is 0 Å². The molecule has 0 heterocycles. The maximum atomic E-state index is 2.21. The molecule has 0 amide bonds. The van der Waals surface area contributed by atoms with Crippen molar-refractivity contribution in [1.82, 2.24) is 9.80 Å². The zero-order valence-electron chi connectivity index (χ0n) is 41.6. The second-order valence-electron chi connectivity index (χ2n) is 12.2. The molecule has 0 aromatic heterocycles. The minimum atomic E-state index is 1.14. The van der Waals surface area contributed by atoms with E-state index in [-0.39, 0.29) is 0 Å². The fourth-order valence-electron chi connectivity index (χ4n) is 3.78. The zero-order chi connectivity index (χ0) is 46.3. The molecular formula is C58H92N2. The van der Waals surface area contributed by atoms with Gasteiger partial charge in [0.15, 0.2) is 0 Å². The van der Waals surface area contributed by atoms with Gasteiger partial charge in [0.1, 0.15) is 0 Å². The smallest absolute Gasteiger partial charge is 0.00533 e. The summed E-state index contributed by atoms with van der Waals surface area (Å²) in [5.74, 6) is 0. The van der Waals surface area contributed by atoms with Crippen LogP contribution in [0.3, 0.4) is 0 Å². The summed E-state index contributed by atoms with van der Waals surface area (Å²) in [4.78, 5) is 4.25. The number of rotatable bonds is 4. The summed E-state index contributed by atoms with van der Waals surface area (Å²) in [5.41, 5.74) is 0. The van der Waals surface area contributed by atoms with Crippen LogP contribution in [0.4, 0.5) is 0 Å². The number of hydrogen-bond acceptors (Lipinski definition) is 2. The maximum absolute atomic E-state index is 2.21. The molecule has 0 radical (unpaired) electrons. The van der Waals surface area contributed by atoms with Crippen LogP contribution in [0, 0.1) is 0 Å². The van der Waals surface area contributed by atoms with E-state index in [4.69, 9.17) is 0 Å². The molecule has 0 saturated carbocycles. The van der Waals surface area contributed by atoms with E-state index in [1.165, 1.54) is 40.8 Å². The van der Waals surface area contributed by atoms with Crippen LogP contribution in [0.15, 0.2) is 194 Å². The first kappa shape index (κ1) is 64.4. The topological polar surface area (TPSA) is 6.48 Å². The quantitative estimate of drug-likeness (QED) is 0.175. The van der Waals surface area contributed by atoms with Crippen LogP contribution in [-0.2, 0) is 0 Å². The molecule has 2 heteroatoms. The molecule has 1 aliphatic rings. The molecule has 60 heavy (non-hydrogen) atoms. The van der Waals surface area contributed by atoms with Crippen molar-refractivity contribution in [1.29, 1.82) is 0 Å². The van der Waals surface area contributed by atoms with Gasteiger partial charge in [0.25, 0.3) is 0 Å². The minimum Gasteiger partial charge on any atom is -0.310 e. The fourth-order valence-corrected chi connectivity index (χ4v) is 3.78. The number of fused-ring (bicyclic) bond motifs is 2. The highest BCUT2D eigenvalue weighted by molar-refractivity contribution is 5.82. The Balaban J connectivity index is -0.000000191. The number of hydrogen-bond donors (Lipinski definition) is 0. The number of unbranched alkanes of at least 4 members (excludes halogenated alkanes) is 2. The summed E-state index contributed by atoms with van der Waals surface area (Å²) in [5, 5.41) is 5.24. The molecule has 0 atom stereocenters. The minimum absolute atomic E-state index is 1.14. The lowest BCUT2D eigenvalue weighted by atomic mass is 10.1. The van der Waals surface area contributed by atoms with Gasteiger partial charge in [-0.3, -0.25) is 0 Å². The molecule has 6 aromatic carbocycles. The van der Waals surface area contributed by atoms with Crippen molar-refractivity contribution >= 4 is 21.5 Å². The monoisotopic (exact) mass is 817 g/mol. The summed E-state index contributed by atoms with van der Waals surface area (Å²) in [6.45, 7) is 27.0. The lowest BCUT2D eigenvalue weighted by molar-refractivity contribution is 0.434. The van der Waals surface area contributed by atoms with Gasteiger partial charge in [-0.25, -0.2) is 0 Å². The van der Waals surface area contributed by atoms with Gasteiger partial charge in [-0.1, -0.05) is 297 Å². The first-order valence-electron chi connectivity index (χ1n) is 22.9. The summed E-state index contributed by atoms with van der Waals surface area (Å²) in [6.07, 6.45) is 13.6. The average Bonchev–Trinajstić information content (AvgIpc) is 3.95. The highest BCUT2D eigenvalue weighted by Gasteiger charge is 1.86. The van der Waals surface area contributed by atoms with Crippen LogP contribution >= 0.6 is 0 Å². The van der Waals surface area contributed by atoms with Crippen LogP contribution in [-0.4, -0.2) is 51.1 Å². The highest BCUT2D eigenvalue weighted by Crippen LogP contribution is 2.12. The average molecular weight is 817 g/mol. The first-order chi connectivity index (χ1) is 29.4. The van der Waals surface area contributed by atoms with Crippen LogP contribution in [0.25, 0.3) is 21.5 Å². The molecule has 0 N–H and O–H groups in total. The van der Waals surface area contributed by atoms with Crippen molar-refractivity contribution in [3.05, 3.63) is 194 Å². The Morgan fingerprint density at radius 1 is 0.317 bits per heavy atom. The predicted molar refractivity (Wildman–Crippen MR) is 283 cm³/mol. The van der Waals surface area contributed by atoms with E-state index in [0.29, 0.717) is 0 Å². The molecule has 334 valence electrons. The second-order valence-corrected chi connectivity index (χ2v) is 12.2. The van der Waals surface area contributed by atoms with Gasteiger partial charge in [0.2, 0.25) is 0 Å². The van der Waals surface area contributed by atoms with Crippen molar-refractivity contribution in [2.45, 2.75) is 109 Å². The molecule has 0 fully saturated rings. The van der Waals surface area contributed by atoms with Crippen LogP contribution in [0.1, 0.15) is 109 Å². The Kier molecular flexibility index (Phi) is 62.8. The second kappa shape index (κ2) is 58.6. The summed E-state index contributed by atoms with van der Waals surface area (Å²) in [6, 6.07) is 57.4. The van der Waals surface area contributed by atoms with E-state index in [1.807, 2.05) is 128 Å². The van der Waals surface area contributed by atoms with Crippen molar-refractivity contribution in [3.8, 4) is 0 Å². The number of nitrogens with zero attached hydrogens (tertiary/aromatic N) is 2. The predicted octanol–water partition coefficient (Wildman–Crippen LogP) is 18.0. The maximum Gasteiger partial charge on any atom is -0.00533 e. The van der Waals surface area contributed by atoms with Gasteiger partial charge in [-0.15, -0.1) is 0 Å². The molecule has 7 rings (SSSR count). The molecule has 1 aliphatic carbocycles. The summed E-state index contributed by atoms with van der Waals surface area (Å²) < 4.78 is 0. The molecular weight excluding hydrogens is 725 g/mol. The molecule has 0 aliphatic heterocycles. The third kappa shape index (κ3) is 49.4. The van der Waals surface area contributed by atoms with E-state index in [1.54, 1.807) is 0 Å². The van der Waals surface area contributed by atoms with Gasteiger partial charge in [0.05, 0.1) is 0 Å². The lowest BCUT2D eigenvalue weighted by Gasteiger charge is -2.00. The number of benzene rings is 6. The normalized spacial score (nSPS) is 9.10. The van der Waals surface area contributed by atoms with Gasteiger partial charge < -0.3 is 9.80 Å². The Hall–Kier alpha value is -4.76. The van der Waals surface area contributed by atoms with Gasteiger partial charge in [0, 0.05) is 0 Å². The van der Waals surface area contributed by atoms with Crippen LogP contribution in [0.2, 0.25) is 0 Å². The molecule has 2 nitrogen and oxygen atoms in total. The summed E-state index contributed by atoms with van der Waals surface area (Å²) in [7, 11) is 8.22. The Morgan fingerprint density at radius 3 is 0.567 bits per heavy atom. The zero-order valence-corrected chi connectivity index (χ0v) is 41.6. The van der Waals surface area contributed by atoms with Gasteiger partial charge >= 0.3 is 0 Å². The largest absolute Gasteiger partial charge is 0.310 e. The first-order valence-corrected chi connectivity index (χ1v) is 22.9. The Labute approximate surface area is 374 Å². The van der Waals surface area contributed by atoms with E-state index >= 15 is 0 Å². The SMILES string of the molecule is C1=CCC=C1.CC.CC.CC.CC.CCCCC.CCN(C)C.CCN(C)C.c1ccc2ccccc2c1.c1ccc2ccccc2c1.c1ccccc1.c1ccccc1. The number of allylic oxidation sites excluding steroid dienone is 4. The van der Waals surface area contributed by atoms with Gasteiger partial charge in [-0.2, -0.15) is 0 Å². The molecule has 0 unspecified atom stereocenters. The van der Waals surface area contributed by atoms with Crippen molar-refractivity contribution in [3.63, 3.8) is 0 Å². The Bertz CT molecular complexity index is 1320. The van der Waals surface area contributed by atoms with Gasteiger partial charge in [-0.05, 0) is 69.2 Å². The lowest BCUT2D eigenvalue weighted by Crippen LogP contribution is -2.08. The van der Waals surface area contributed by atoms with Crippen LogP contribution in [0.5, 0.6) is 0 Å². The van der Waals surface area contributed by atoms with E-state index in [9.17, 15) is 0 Å². The standard InChI is InChI=1S/2C10H8.2C6H6.C5H6.C5H12.2C4H11N.4C2H6/c2*1-2-6-10-8-4-3-7-9(10)5-1;2*1-2-4-6-5-3-1;1-2-4-5-3-1;1-3-5-4-2;2*1-4-5(2)3;4*1-2/h2*1-8H;2*1-6H;1-4H,5H2;3-5H2,1-2H3;2*4H2,1-3H3;4*1-2H3. The molecule has 6 aromatic rings.